The van der Waals surface area contributed by atoms with Crippen molar-refractivity contribution in [3.8, 4) is 23.2 Å². The molecule has 2 aliphatic heterocycles. The molecule has 6 rings (SSSR count). The highest BCUT2D eigenvalue weighted by atomic mass is 35.5. The van der Waals surface area contributed by atoms with Crippen molar-refractivity contribution in [2.75, 3.05) is 4.90 Å². The molecule has 35 heavy (non-hydrogen) atoms. The number of fused-ring (bicyclic) bond motifs is 4. The van der Waals surface area contributed by atoms with E-state index in [1.54, 1.807) is 17.0 Å². The highest BCUT2D eigenvalue weighted by molar-refractivity contribution is 6.30. The topological polar surface area (TPSA) is 108 Å². The molecule has 0 fully saturated rings. The second-order valence-electron chi connectivity index (χ2n) is 8.38. The van der Waals surface area contributed by atoms with Crippen molar-refractivity contribution in [2.45, 2.75) is 12.0 Å². The lowest BCUT2D eigenvalue weighted by Gasteiger charge is -2.32. The van der Waals surface area contributed by atoms with Crippen LogP contribution in [0.2, 0.25) is 5.02 Å². The van der Waals surface area contributed by atoms with Crippen molar-refractivity contribution in [3.63, 3.8) is 0 Å². The molecule has 170 valence electrons. The zero-order valence-electron chi connectivity index (χ0n) is 18.3. The number of hydrogen-bond acceptors (Lipinski definition) is 5. The second-order valence-corrected chi connectivity index (χ2v) is 8.82. The first-order chi connectivity index (χ1) is 17.1. The number of nitrogens with two attached hydrogens (primary N) is 1. The summed E-state index contributed by atoms with van der Waals surface area (Å²) >= 11 is 6.07. The smallest absolute Gasteiger partial charge is 0.248 e. The molecule has 1 unspecified atom stereocenters. The summed E-state index contributed by atoms with van der Waals surface area (Å²) in [5.41, 5.74) is 8.90. The van der Waals surface area contributed by atoms with E-state index in [0.29, 0.717) is 34.1 Å². The Balaban J connectivity index is 1.63. The number of benzene rings is 3. The second kappa shape index (κ2) is 7.76. The van der Waals surface area contributed by atoms with Gasteiger partial charge < -0.3 is 15.4 Å². The lowest BCUT2D eigenvalue weighted by molar-refractivity contribution is -0.121. The van der Waals surface area contributed by atoms with Crippen molar-refractivity contribution < 1.29 is 9.53 Å². The number of aromatic nitrogens is 2. The number of para-hydroxylation sites is 1. The van der Waals surface area contributed by atoms with Crippen LogP contribution in [0, 0.1) is 11.3 Å². The van der Waals surface area contributed by atoms with E-state index >= 15 is 0 Å². The quantitative estimate of drug-likeness (QED) is 0.444. The maximum absolute atomic E-state index is 14.5. The van der Waals surface area contributed by atoms with Crippen LogP contribution in [0.1, 0.15) is 16.7 Å². The van der Waals surface area contributed by atoms with Crippen LogP contribution in [0.25, 0.3) is 11.3 Å². The molecule has 3 N–H and O–H groups in total. The van der Waals surface area contributed by atoms with Gasteiger partial charge in [-0.3, -0.25) is 9.89 Å². The van der Waals surface area contributed by atoms with Gasteiger partial charge in [-0.15, -0.1) is 5.10 Å². The average Bonchev–Trinajstić information content (AvgIpc) is 3.40. The van der Waals surface area contributed by atoms with Crippen molar-refractivity contribution in [1.82, 2.24) is 10.2 Å². The van der Waals surface area contributed by atoms with Gasteiger partial charge in [-0.25, -0.2) is 0 Å². The van der Waals surface area contributed by atoms with Gasteiger partial charge in [0.05, 0.1) is 17.8 Å². The minimum Gasteiger partial charge on any atom is -0.420 e. The van der Waals surface area contributed by atoms with E-state index in [2.05, 4.69) is 16.3 Å². The number of H-pyrrole nitrogens is 1. The molecule has 1 amide bonds. The Kier molecular flexibility index (Phi) is 4.66. The molecule has 7 nitrogen and oxygen atoms in total. The molecular weight excluding hydrogens is 462 g/mol. The van der Waals surface area contributed by atoms with Gasteiger partial charge in [0.15, 0.2) is 0 Å². The van der Waals surface area contributed by atoms with E-state index in [9.17, 15) is 10.1 Å². The predicted octanol–water partition coefficient (Wildman–Crippen LogP) is 4.65. The maximum Gasteiger partial charge on any atom is 0.248 e. The summed E-state index contributed by atoms with van der Waals surface area (Å²) in [4.78, 5) is 16.2. The zero-order valence-corrected chi connectivity index (χ0v) is 19.1. The summed E-state index contributed by atoms with van der Waals surface area (Å²) in [6.07, 6.45) is 0. The third-order valence-corrected chi connectivity index (χ3v) is 6.78. The molecule has 0 saturated carbocycles. The summed E-state index contributed by atoms with van der Waals surface area (Å²) < 4.78 is 5.76. The van der Waals surface area contributed by atoms with Crippen molar-refractivity contribution in [2.24, 2.45) is 5.73 Å². The van der Waals surface area contributed by atoms with Crippen LogP contribution >= 0.6 is 11.6 Å². The Morgan fingerprint density at radius 3 is 2.51 bits per heavy atom. The van der Waals surface area contributed by atoms with Gasteiger partial charge >= 0.3 is 0 Å². The fraction of sp³-hybridized carbons (Fsp3) is 0.0741. The standard InChI is InChI=1S/C27H18ClN5O2/c28-18-12-10-16(11-13-18)15-33-21-9-5-4-8-19(21)27(26(33)34)20(14-29)24(30)35-25-22(27)23(31-32-25)17-6-2-1-3-7-17/h1-13H,15,30H2,(H,31,32). The van der Waals surface area contributed by atoms with Crippen molar-refractivity contribution in [3.05, 3.63) is 112 Å². The van der Waals surface area contributed by atoms with Crippen LogP contribution in [-0.4, -0.2) is 16.1 Å². The largest absolute Gasteiger partial charge is 0.420 e. The molecule has 1 atom stereocenters. The number of amides is 1. The molecule has 0 aliphatic carbocycles. The van der Waals surface area contributed by atoms with Gasteiger partial charge in [-0.1, -0.05) is 72.3 Å². The van der Waals surface area contributed by atoms with Crippen molar-refractivity contribution in [1.29, 1.82) is 5.26 Å². The van der Waals surface area contributed by atoms with Gasteiger partial charge in [0.2, 0.25) is 17.7 Å². The maximum atomic E-state index is 14.5. The first-order valence-corrected chi connectivity index (χ1v) is 11.3. The van der Waals surface area contributed by atoms with Gasteiger partial charge in [-0.05, 0) is 23.8 Å². The number of nitrogens with zero attached hydrogens (tertiary/aromatic N) is 3. The SMILES string of the molecule is N#CC1=C(N)Oc2n[nH]c(-c3ccccc3)c2C12C(=O)N(Cc1ccc(Cl)cc1)c1ccccc12. The summed E-state index contributed by atoms with van der Waals surface area (Å²) in [6.45, 7) is 0.294. The van der Waals surface area contributed by atoms with E-state index in [1.165, 1.54) is 0 Å². The highest BCUT2D eigenvalue weighted by Crippen LogP contribution is 2.57. The van der Waals surface area contributed by atoms with E-state index < -0.39 is 5.41 Å². The molecule has 8 heteroatoms. The lowest BCUT2D eigenvalue weighted by atomic mass is 9.68. The molecule has 3 aromatic carbocycles. The molecule has 1 spiro atoms. The Labute approximate surface area is 206 Å². The van der Waals surface area contributed by atoms with Gasteiger partial charge in [-0.2, -0.15) is 5.26 Å². The molecule has 0 saturated heterocycles. The molecular formula is C27H18ClN5O2. The molecule has 2 aliphatic rings. The number of carbonyl (C=O) groups is 1. The molecule has 0 radical (unpaired) electrons. The van der Waals surface area contributed by atoms with Gasteiger partial charge in [0.1, 0.15) is 17.1 Å². The average molecular weight is 480 g/mol. The van der Waals surface area contributed by atoms with Crippen LogP contribution in [0.3, 0.4) is 0 Å². The number of nitriles is 1. The fourth-order valence-electron chi connectivity index (χ4n) is 5.03. The summed E-state index contributed by atoms with van der Waals surface area (Å²) in [6, 6.07) is 26.5. The van der Waals surface area contributed by atoms with Crippen LogP contribution in [0.15, 0.2) is 90.3 Å². The summed E-state index contributed by atoms with van der Waals surface area (Å²) in [5, 5.41) is 18.2. The fourth-order valence-corrected chi connectivity index (χ4v) is 5.16. The predicted molar refractivity (Wildman–Crippen MR) is 131 cm³/mol. The number of aromatic amines is 1. The minimum absolute atomic E-state index is 0.0413. The molecule has 4 aromatic rings. The van der Waals surface area contributed by atoms with E-state index in [1.807, 2.05) is 66.7 Å². The van der Waals surface area contributed by atoms with Gasteiger partial charge in [0.25, 0.3) is 0 Å². The van der Waals surface area contributed by atoms with Crippen LogP contribution in [0.5, 0.6) is 5.88 Å². The zero-order chi connectivity index (χ0) is 24.2. The van der Waals surface area contributed by atoms with E-state index in [4.69, 9.17) is 22.1 Å². The van der Waals surface area contributed by atoms with E-state index in [-0.39, 0.29) is 23.2 Å². The molecule has 1 aromatic heterocycles. The number of ether oxygens (including phenoxy) is 1. The number of nitrogens with one attached hydrogen (secondary N) is 1. The first-order valence-electron chi connectivity index (χ1n) is 10.9. The summed E-state index contributed by atoms with van der Waals surface area (Å²) in [5.74, 6) is -0.254. The van der Waals surface area contributed by atoms with Crippen LogP contribution in [0.4, 0.5) is 5.69 Å². The Bertz CT molecular complexity index is 1550. The van der Waals surface area contributed by atoms with Crippen LogP contribution < -0.4 is 15.4 Å². The Hall–Kier alpha value is -4.54. The van der Waals surface area contributed by atoms with Gasteiger partial charge in [0, 0.05) is 21.8 Å². The lowest BCUT2D eigenvalue weighted by Crippen LogP contribution is -2.45. The summed E-state index contributed by atoms with van der Waals surface area (Å²) in [7, 11) is 0. The highest BCUT2D eigenvalue weighted by Gasteiger charge is 2.61. The molecule has 3 heterocycles. The number of carbonyl (C=O) groups excluding carboxylic acids is 1. The van der Waals surface area contributed by atoms with Crippen molar-refractivity contribution >= 4 is 23.2 Å². The first kappa shape index (κ1) is 21.0. The third kappa shape index (κ3) is 2.90. The third-order valence-electron chi connectivity index (χ3n) is 6.53. The number of halogens is 1. The monoisotopic (exact) mass is 479 g/mol. The van der Waals surface area contributed by atoms with Crippen LogP contribution in [-0.2, 0) is 16.8 Å². The normalized spacial score (nSPS) is 18.3. The minimum atomic E-state index is -1.51. The number of anilines is 1. The number of rotatable bonds is 3. The number of hydrogen-bond donors (Lipinski definition) is 2. The molecule has 0 bridgehead atoms. The van der Waals surface area contributed by atoms with E-state index in [0.717, 1.165) is 11.1 Å². The Morgan fingerprint density at radius 1 is 1.06 bits per heavy atom. The Morgan fingerprint density at radius 2 is 1.77 bits per heavy atom.